The maximum Gasteiger partial charge on any atom is 0.306 e. The second-order valence-corrected chi connectivity index (χ2v) is 5.29. The van der Waals surface area contributed by atoms with Crippen LogP contribution < -0.4 is 10.2 Å². The van der Waals surface area contributed by atoms with Crippen molar-refractivity contribution in [1.29, 1.82) is 0 Å². The minimum Gasteiger partial charge on any atom is -0.481 e. The SMILES string of the molecule is Cc1cc(Nc2nccc(N3CCC(C(=O)O)CC3)n2)no1. The Kier molecular flexibility index (Phi) is 3.90. The summed E-state index contributed by atoms with van der Waals surface area (Å²) < 4.78 is 4.98. The molecule has 2 N–H and O–H groups in total. The van der Waals surface area contributed by atoms with Crippen LogP contribution in [0.1, 0.15) is 18.6 Å². The number of nitrogens with one attached hydrogen (secondary N) is 1. The Balaban J connectivity index is 1.68. The fraction of sp³-hybridized carbons (Fsp3) is 0.429. The van der Waals surface area contributed by atoms with Crippen LogP contribution in [0, 0.1) is 12.8 Å². The van der Waals surface area contributed by atoms with Gasteiger partial charge in [-0.1, -0.05) is 5.16 Å². The van der Waals surface area contributed by atoms with E-state index in [1.54, 1.807) is 12.3 Å². The molecular formula is C14H17N5O3. The molecule has 0 unspecified atom stereocenters. The Bertz CT molecular complexity index is 664. The van der Waals surface area contributed by atoms with E-state index in [0.717, 1.165) is 5.82 Å². The van der Waals surface area contributed by atoms with Crippen molar-refractivity contribution in [3.8, 4) is 0 Å². The Morgan fingerprint density at radius 1 is 1.45 bits per heavy atom. The number of carboxylic acid groups (broad SMARTS) is 1. The van der Waals surface area contributed by atoms with E-state index in [1.807, 2.05) is 13.0 Å². The highest BCUT2D eigenvalue weighted by atomic mass is 16.5. The molecule has 3 rings (SSSR count). The van der Waals surface area contributed by atoms with Gasteiger partial charge in [-0.15, -0.1) is 0 Å². The van der Waals surface area contributed by atoms with Gasteiger partial charge in [-0.3, -0.25) is 4.79 Å². The summed E-state index contributed by atoms with van der Waals surface area (Å²) in [6.07, 6.45) is 2.93. The molecule has 1 aliphatic rings. The fourth-order valence-electron chi connectivity index (χ4n) is 2.48. The number of hydrogen-bond donors (Lipinski definition) is 2. The zero-order valence-corrected chi connectivity index (χ0v) is 12.2. The van der Waals surface area contributed by atoms with Gasteiger partial charge in [-0.05, 0) is 25.8 Å². The highest BCUT2D eigenvalue weighted by molar-refractivity contribution is 5.70. The smallest absolute Gasteiger partial charge is 0.306 e. The van der Waals surface area contributed by atoms with Gasteiger partial charge in [0, 0.05) is 25.4 Å². The maximum absolute atomic E-state index is 11.0. The third-order valence-electron chi connectivity index (χ3n) is 3.68. The Hall–Kier alpha value is -2.64. The van der Waals surface area contributed by atoms with E-state index in [9.17, 15) is 4.79 Å². The first-order chi connectivity index (χ1) is 10.6. The first kappa shape index (κ1) is 14.3. The Labute approximate surface area is 127 Å². The van der Waals surface area contributed by atoms with Crippen LogP contribution >= 0.6 is 0 Å². The number of hydrogen-bond acceptors (Lipinski definition) is 7. The third-order valence-corrected chi connectivity index (χ3v) is 3.68. The van der Waals surface area contributed by atoms with Crippen LogP contribution in [0.3, 0.4) is 0 Å². The van der Waals surface area contributed by atoms with E-state index in [-0.39, 0.29) is 5.92 Å². The van der Waals surface area contributed by atoms with Crippen molar-refractivity contribution in [2.45, 2.75) is 19.8 Å². The zero-order valence-electron chi connectivity index (χ0n) is 12.2. The lowest BCUT2D eigenvalue weighted by molar-refractivity contribution is -0.142. The lowest BCUT2D eigenvalue weighted by atomic mass is 9.97. The zero-order chi connectivity index (χ0) is 15.5. The summed E-state index contributed by atoms with van der Waals surface area (Å²) in [6, 6.07) is 3.58. The molecule has 0 atom stereocenters. The Morgan fingerprint density at radius 2 is 2.23 bits per heavy atom. The van der Waals surface area contributed by atoms with Crippen LogP contribution in [0.4, 0.5) is 17.6 Å². The third kappa shape index (κ3) is 3.16. The lowest BCUT2D eigenvalue weighted by Crippen LogP contribution is -2.36. The van der Waals surface area contributed by atoms with Crippen LogP contribution in [-0.2, 0) is 4.79 Å². The Morgan fingerprint density at radius 3 is 2.86 bits per heavy atom. The molecule has 1 aliphatic heterocycles. The molecule has 2 aromatic rings. The summed E-state index contributed by atoms with van der Waals surface area (Å²) in [4.78, 5) is 21.7. The molecule has 116 valence electrons. The number of rotatable bonds is 4. The first-order valence-corrected chi connectivity index (χ1v) is 7.13. The van der Waals surface area contributed by atoms with Gasteiger partial charge in [0.25, 0.3) is 0 Å². The van der Waals surface area contributed by atoms with Gasteiger partial charge in [0.1, 0.15) is 11.6 Å². The van der Waals surface area contributed by atoms with Gasteiger partial charge in [0.15, 0.2) is 5.82 Å². The molecule has 1 saturated heterocycles. The normalized spacial score (nSPS) is 15.8. The van der Waals surface area contributed by atoms with Crippen LogP contribution in [0.2, 0.25) is 0 Å². The molecule has 0 radical (unpaired) electrons. The van der Waals surface area contributed by atoms with E-state index in [0.29, 0.717) is 43.5 Å². The number of aryl methyl sites for hydroxylation is 1. The van der Waals surface area contributed by atoms with Crippen molar-refractivity contribution in [1.82, 2.24) is 15.1 Å². The highest BCUT2D eigenvalue weighted by Crippen LogP contribution is 2.23. The van der Waals surface area contributed by atoms with Gasteiger partial charge in [-0.2, -0.15) is 4.98 Å². The summed E-state index contributed by atoms with van der Waals surface area (Å²) in [5, 5.41) is 15.9. The van der Waals surface area contributed by atoms with Gasteiger partial charge < -0.3 is 19.8 Å². The predicted octanol–water partition coefficient (Wildman–Crippen LogP) is 1.82. The molecule has 0 aromatic carbocycles. The summed E-state index contributed by atoms with van der Waals surface area (Å²) >= 11 is 0. The number of carbonyl (C=O) groups is 1. The van der Waals surface area contributed by atoms with Crippen molar-refractivity contribution in [2.75, 3.05) is 23.3 Å². The van der Waals surface area contributed by atoms with Crippen LogP contribution in [0.15, 0.2) is 22.9 Å². The average molecular weight is 303 g/mol. The van der Waals surface area contributed by atoms with Crippen molar-refractivity contribution in [3.05, 3.63) is 24.1 Å². The molecule has 3 heterocycles. The molecule has 22 heavy (non-hydrogen) atoms. The summed E-state index contributed by atoms with van der Waals surface area (Å²) in [7, 11) is 0. The number of carboxylic acids is 1. The second-order valence-electron chi connectivity index (χ2n) is 5.29. The number of anilines is 3. The number of aliphatic carboxylic acids is 1. The molecule has 0 bridgehead atoms. The number of aromatic nitrogens is 3. The largest absolute Gasteiger partial charge is 0.481 e. The van der Waals surface area contributed by atoms with Crippen LogP contribution in [-0.4, -0.2) is 39.3 Å². The molecule has 0 spiro atoms. The van der Waals surface area contributed by atoms with Crippen molar-refractivity contribution < 1.29 is 14.4 Å². The molecule has 1 fully saturated rings. The molecule has 2 aromatic heterocycles. The number of piperidine rings is 1. The maximum atomic E-state index is 11.0. The average Bonchev–Trinajstić information content (AvgIpc) is 2.93. The van der Waals surface area contributed by atoms with Gasteiger partial charge in [0.2, 0.25) is 5.95 Å². The molecular weight excluding hydrogens is 286 g/mol. The van der Waals surface area contributed by atoms with Gasteiger partial charge in [-0.25, -0.2) is 4.98 Å². The topological polar surface area (TPSA) is 104 Å². The van der Waals surface area contributed by atoms with E-state index >= 15 is 0 Å². The summed E-state index contributed by atoms with van der Waals surface area (Å²) in [5.74, 6) is 1.50. The minimum atomic E-state index is -0.717. The molecule has 8 heteroatoms. The lowest BCUT2D eigenvalue weighted by Gasteiger charge is -2.30. The fourth-order valence-corrected chi connectivity index (χ4v) is 2.48. The molecule has 0 saturated carbocycles. The van der Waals surface area contributed by atoms with Crippen molar-refractivity contribution in [3.63, 3.8) is 0 Å². The predicted molar refractivity (Wildman–Crippen MR) is 79.1 cm³/mol. The summed E-state index contributed by atoms with van der Waals surface area (Å²) in [6.45, 7) is 3.16. The molecule has 0 amide bonds. The van der Waals surface area contributed by atoms with Crippen LogP contribution in [0.5, 0.6) is 0 Å². The van der Waals surface area contributed by atoms with Crippen molar-refractivity contribution >= 4 is 23.6 Å². The summed E-state index contributed by atoms with van der Waals surface area (Å²) in [5.41, 5.74) is 0. The van der Waals surface area contributed by atoms with E-state index < -0.39 is 5.97 Å². The van der Waals surface area contributed by atoms with Gasteiger partial charge in [0.05, 0.1) is 5.92 Å². The van der Waals surface area contributed by atoms with E-state index in [4.69, 9.17) is 9.63 Å². The molecule has 0 aliphatic carbocycles. The minimum absolute atomic E-state index is 0.256. The highest BCUT2D eigenvalue weighted by Gasteiger charge is 2.25. The van der Waals surface area contributed by atoms with E-state index in [1.165, 1.54) is 0 Å². The monoisotopic (exact) mass is 303 g/mol. The van der Waals surface area contributed by atoms with Crippen molar-refractivity contribution in [2.24, 2.45) is 5.92 Å². The van der Waals surface area contributed by atoms with Gasteiger partial charge >= 0.3 is 5.97 Å². The van der Waals surface area contributed by atoms with E-state index in [2.05, 4.69) is 25.3 Å². The first-order valence-electron chi connectivity index (χ1n) is 7.13. The quantitative estimate of drug-likeness (QED) is 0.881. The number of nitrogens with zero attached hydrogens (tertiary/aromatic N) is 4. The molecule has 8 nitrogen and oxygen atoms in total. The standard InChI is InChI=1S/C14H17N5O3/c1-9-8-11(18-22-9)16-14-15-5-2-12(17-14)19-6-3-10(4-7-19)13(20)21/h2,5,8,10H,3-4,6-7H2,1H3,(H,20,21)(H,15,16,17,18). The van der Waals surface area contributed by atoms with Crippen LogP contribution in [0.25, 0.3) is 0 Å². The second kappa shape index (κ2) is 6.00.